The molecule has 1 N–H and O–H groups in total. The molecule has 1 atom stereocenters. The molecule has 0 saturated heterocycles. The van der Waals surface area contributed by atoms with Crippen LogP contribution in [-0.4, -0.2) is 17.0 Å². The van der Waals surface area contributed by atoms with Crippen molar-refractivity contribution in [2.24, 2.45) is 4.99 Å². The number of hydrogen-bond acceptors (Lipinski definition) is 3. The number of benzene rings is 1. The number of hydrogen-bond donors (Lipinski definition) is 1. The van der Waals surface area contributed by atoms with Crippen LogP contribution in [0.15, 0.2) is 27.7 Å². The topological polar surface area (TPSA) is 24.4 Å². The first-order valence-electron chi connectivity index (χ1n) is 5.93. The summed E-state index contributed by atoms with van der Waals surface area (Å²) in [4.78, 5) is 4.72. The fraction of sp³-hybridized carbons (Fsp3) is 0.462. The Balaban J connectivity index is 2.15. The first-order chi connectivity index (χ1) is 8.19. The van der Waals surface area contributed by atoms with E-state index in [0.29, 0.717) is 6.04 Å². The lowest BCUT2D eigenvalue weighted by molar-refractivity contribution is 0.634. The standard InChI is InChI=1S/C13H17BrN2S/c1-3-11-6-7-17-13(15-11)16-12-8-10(14)5-4-9(12)2/h4-5,8,11H,3,6-7H2,1-2H3,(H,15,16). The van der Waals surface area contributed by atoms with Crippen molar-refractivity contribution in [2.45, 2.75) is 32.7 Å². The maximum atomic E-state index is 4.72. The van der Waals surface area contributed by atoms with E-state index in [2.05, 4.69) is 53.3 Å². The Morgan fingerprint density at radius 1 is 1.53 bits per heavy atom. The van der Waals surface area contributed by atoms with Crippen LogP contribution in [0, 0.1) is 6.92 Å². The summed E-state index contributed by atoms with van der Waals surface area (Å²) in [5.41, 5.74) is 2.39. The molecule has 0 radical (unpaired) electrons. The van der Waals surface area contributed by atoms with Crippen LogP contribution in [0.4, 0.5) is 5.69 Å². The Morgan fingerprint density at radius 3 is 3.12 bits per heavy atom. The molecule has 0 fully saturated rings. The van der Waals surface area contributed by atoms with Gasteiger partial charge in [-0.1, -0.05) is 40.7 Å². The molecule has 92 valence electrons. The predicted octanol–water partition coefficient (Wildman–Crippen LogP) is 4.44. The second-order valence-electron chi connectivity index (χ2n) is 4.22. The van der Waals surface area contributed by atoms with Crippen LogP contribution in [-0.2, 0) is 0 Å². The van der Waals surface area contributed by atoms with E-state index in [1.807, 2.05) is 11.8 Å². The van der Waals surface area contributed by atoms with Gasteiger partial charge >= 0.3 is 0 Å². The highest BCUT2D eigenvalue weighted by atomic mass is 79.9. The molecule has 0 spiro atoms. The number of rotatable bonds is 2. The third-order valence-corrected chi connectivity index (χ3v) is 4.32. The monoisotopic (exact) mass is 312 g/mol. The van der Waals surface area contributed by atoms with Gasteiger partial charge in [0.1, 0.15) is 0 Å². The van der Waals surface area contributed by atoms with Gasteiger partial charge in [0.15, 0.2) is 5.17 Å². The first kappa shape index (κ1) is 13.0. The average Bonchev–Trinajstić information content (AvgIpc) is 2.34. The van der Waals surface area contributed by atoms with Crippen molar-refractivity contribution in [3.05, 3.63) is 28.2 Å². The Hall–Kier alpha value is -0.480. The zero-order chi connectivity index (χ0) is 12.3. The van der Waals surface area contributed by atoms with E-state index in [-0.39, 0.29) is 0 Å². The summed E-state index contributed by atoms with van der Waals surface area (Å²) in [6.45, 7) is 4.31. The van der Waals surface area contributed by atoms with Gasteiger partial charge in [0.05, 0.1) is 6.04 Å². The molecule has 0 saturated carbocycles. The van der Waals surface area contributed by atoms with Crippen LogP contribution < -0.4 is 5.32 Å². The summed E-state index contributed by atoms with van der Waals surface area (Å²) in [6, 6.07) is 6.77. The molecule has 1 aliphatic heterocycles. The first-order valence-corrected chi connectivity index (χ1v) is 7.70. The molecule has 1 aliphatic rings. The molecule has 0 bridgehead atoms. The van der Waals surface area contributed by atoms with Gasteiger partial charge in [0, 0.05) is 15.9 Å². The molecule has 1 unspecified atom stereocenters. The Morgan fingerprint density at radius 2 is 2.35 bits per heavy atom. The third kappa shape index (κ3) is 3.49. The largest absolute Gasteiger partial charge is 0.335 e. The fourth-order valence-electron chi connectivity index (χ4n) is 1.77. The molecular formula is C13H17BrN2S. The quantitative estimate of drug-likeness (QED) is 0.873. The van der Waals surface area contributed by atoms with Crippen molar-refractivity contribution in [1.29, 1.82) is 0 Å². The lowest BCUT2D eigenvalue weighted by atomic mass is 10.2. The minimum absolute atomic E-state index is 0.492. The van der Waals surface area contributed by atoms with E-state index in [4.69, 9.17) is 4.99 Å². The predicted molar refractivity (Wildman–Crippen MR) is 81.1 cm³/mol. The van der Waals surface area contributed by atoms with Crippen LogP contribution in [0.3, 0.4) is 0 Å². The molecule has 0 amide bonds. The van der Waals surface area contributed by atoms with Gasteiger partial charge in [-0.3, -0.25) is 4.99 Å². The van der Waals surface area contributed by atoms with Crippen LogP contribution in [0.25, 0.3) is 0 Å². The van der Waals surface area contributed by atoms with Gasteiger partial charge in [-0.15, -0.1) is 0 Å². The molecule has 2 rings (SSSR count). The van der Waals surface area contributed by atoms with Crippen LogP contribution in [0.5, 0.6) is 0 Å². The van der Waals surface area contributed by atoms with Gasteiger partial charge in [-0.05, 0) is 37.5 Å². The number of nitrogens with zero attached hydrogens (tertiary/aromatic N) is 1. The number of thioether (sulfide) groups is 1. The maximum Gasteiger partial charge on any atom is 0.161 e. The van der Waals surface area contributed by atoms with Crippen molar-refractivity contribution in [2.75, 3.05) is 11.1 Å². The highest BCUT2D eigenvalue weighted by Crippen LogP contribution is 2.25. The normalized spacial score (nSPS) is 19.9. The summed E-state index contributed by atoms with van der Waals surface area (Å²) in [5, 5.41) is 4.50. The fourth-order valence-corrected chi connectivity index (χ4v) is 3.12. The summed E-state index contributed by atoms with van der Waals surface area (Å²) in [7, 11) is 0. The minimum Gasteiger partial charge on any atom is -0.335 e. The number of aliphatic imine (C=N–C) groups is 1. The molecule has 0 aliphatic carbocycles. The number of aryl methyl sites for hydroxylation is 1. The Labute approximate surface area is 115 Å². The summed E-state index contributed by atoms with van der Waals surface area (Å²) < 4.78 is 1.10. The molecule has 4 heteroatoms. The minimum atomic E-state index is 0.492. The third-order valence-electron chi connectivity index (χ3n) is 2.90. The van der Waals surface area contributed by atoms with Crippen molar-refractivity contribution in [1.82, 2.24) is 0 Å². The molecule has 1 heterocycles. The molecule has 1 aromatic rings. The zero-order valence-electron chi connectivity index (χ0n) is 10.2. The van der Waals surface area contributed by atoms with E-state index in [0.717, 1.165) is 27.5 Å². The summed E-state index contributed by atoms with van der Waals surface area (Å²) in [6.07, 6.45) is 2.33. The Kier molecular flexibility index (Phi) is 4.51. The van der Waals surface area contributed by atoms with Crippen molar-refractivity contribution in [3.8, 4) is 0 Å². The Bertz CT molecular complexity index is 431. The number of halogens is 1. The second kappa shape index (κ2) is 5.91. The number of amidine groups is 1. The SMILES string of the molecule is CCC1CCSC(Nc2cc(Br)ccc2C)=N1. The highest BCUT2D eigenvalue weighted by molar-refractivity contribution is 9.10. The van der Waals surface area contributed by atoms with E-state index in [1.165, 1.54) is 12.0 Å². The molecule has 2 nitrogen and oxygen atoms in total. The lowest BCUT2D eigenvalue weighted by Gasteiger charge is -2.20. The van der Waals surface area contributed by atoms with Gasteiger partial charge in [0.25, 0.3) is 0 Å². The van der Waals surface area contributed by atoms with Gasteiger partial charge in [-0.2, -0.15) is 0 Å². The number of anilines is 1. The number of nitrogens with one attached hydrogen (secondary N) is 1. The van der Waals surface area contributed by atoms with Crippen molar-refractivity contribution >= 4 is 38.5 Å². The average molecular weight is 313 g/mol. The smallest absolute Gasteiger partial charge is 0.161 e. The van der Waals surface area contributed by atoms with Crippen LogP contribution in [0.1, 0.15) is 25.3 Å². The van der Waals surface area contributed by atoms with Crippen LogP contribution in [0.2, 0.25) is 0 Å². The summed E-state index contributed by atoms with van der Waals surface area (Å²) in [5.74, 6) is 1.16. The van der Waals surface area contributed by atoms with Crippen LogP contribution >= 0.6 is 27.7 Å². The molecule has 0 aromatic heterocycles. The van der Waals surface area contributed by atoms with Crippen molar-refractivity contribution in [3.63, 3.8) is 0 Å². The van der Waals surface area contributed by atoms with E-state index in [1.54, 1.807) is 0 Å². The second-order valence-corrected chi connectivity index (χ2v) is 6.22. The van der Waals surface area contributed by atoms with Gasteiger partial charge in [0.2, 0.25) is 0 Å². The maximum absolute atomic E-state index is 4.72. The molecule has 1 aromatic carbocycles. The molecule has 17 heavy (non-hydrogen) atoms. The van der Waals surface area contributed by atoms with Gasteiger partial charge in [-0.25, -0.2) is 0 Å². The van der Waals surface area contributed by atoms with E-state index in [9.17, 15) is 0 Å². The zero-order valence-corrected chi connectivity index (χ0v) is 12.6. The summed E-state index contributed by atoms with van der Waals surface area (Å²) >= 11 is 5.32. The molecular weight excluding hydrogens is 296 g/mol. The van der Waals surface area contributed by atoms with Gasteiger partial charge < -0.3 is 5.32 Å². The lowest BCUT2D eigenvalue weighted by Crippen LogP contribution is -2.19. The highest BCUT2D eigenvalue weighted by Gasteiger charge is 2.14. The van der Waals surface area contributed by atoms with E-state index >= 15 is 0 Å². The van der Waals surface area contributed by atoms with Crippen molar-refractivity contribution < 1.29 is 0 Å². The van der Waals surface area contributed by atoms with E-state index < -0.39 is 0 Å².